The first-order valence-electron chi connectivity index (χ1n) is 5.48. The monoisotopic (exact) mass is 249 g/mol. The minimum atomic E-state index is -0.312. The Morgan fingerprint density at radius 3 is 2.94 bits per heavy atom. The lowest BCUT2D eigenvalue weighted by Gasteiger charge is -2.14. The maximum Gasteiger partial charge on any atom is 0.295 e. The lowest BCUT2D eigenvalue weighted by atomic mass is 10.2. The maximum absolute atomic E-state index is 11.5. The van der Waals surface area contributed by atoms with Crippen molar-refractivity contribution in [1.82, 2.24) is 19.7 Å². The number of hydrogen-bond donors (Lipinski definition) is 2. The Balaban J connectivity index is 2.24. The normalized spacial score (nSPS) is 12.2. The average molecular weight is 249 g/mol. The Morgan fingerprint density at radius 1 is 1.56 bits per heavy atom. The van der Waals surface area contributed by atoms with Gasteiger partial charge in [0.25, 0.3) is 5.56 Å². The van der Waals surface area contributed by atoms with Crippen molar-refractivity contribution in [3.05, 3.63) is 34.6 Å². The standard InChI is InChI=1S/C11H15N5O2/c1-7(8-4-14-16(2)5-8)15-10-9(18-3)11(17)13-6-12-10/h4-7H,1-3H3,(H2,12,13,15,17). The molecule has 7 nitrogen and oxygen atoms in total. The molecule has 0 aliphatic carbocycles. The summed E-state index contributed by atoms with van der Waals surface area (Å²) < 4.78 is 6.75. The predicted octanol–water partition coefficient (Wildman–Crippen LogP) is 0.685. The molecular weight excluding hydrogens is 234 g/mol. The van der Waals surface area contributed by atoms with Crippen LogP contribution in [0.2, 0.25) is 0 Å². The number of nitrogens with zero attached hydrogens (tertiary/aromatic N) is 3. The molecule has 1 atom stereocenters. The van der Waals surface area contributed by atoms with Gasteiger partial charge in [0.15, 0.2) is 5.82 Å². The second-order valence-electron chi connectivity index (χ2n) is 3.93. The van der Waals surface area contributed by atoms with Crippen molar-refractivity contribution in [2.45, 2.75) is 13.0 Å². The number of aromatic amines is 1. The summed E-state index contributed by atoms with van der Waals surface area (Å²) in [4.78, 5) is 18.0. The van der Waals surface area contributed by atoms with E-state index in [9.17, 15) is 4.79 Å². The molecule has 0 aliphatic rings. The van der Waals surface area contributed by atoms with E-state index in [0.29, 0.717) is 5.82 Å². The van der Waals surface area contributed by atoms with Crippen LogP contribution in [0.5, 0.6) is 5.75 Å². The van der Waals surface area contributed by atoms with E-state index in [1.165, 1.54) is 13.4 Å². The summed E-state index contributed by atoms with van der Waals surface area (Å²) in [6, 6.07) is -0.0260. The van der Waals surface area contributed by atoms with E-state index >= 15 is 0 Å². The van der Waals surface area contributed by atoms with E-state index in [1.54, 1.807) is 10.9 Å². The molecule has 2 aromatic rings. The molecule has 0 aliphatic heterocycles. The fourth-order valence-corrected chi connectivity index (χ4v) is 1.63. The van der Waals surface area contributed by atoms with Crippen molar-refractivity contribution in [3.8, 4) is 5.75 Å². The van der Waals surface area contributed by atoms with Gasteiger partial charge in [0.1, 0.15) is 0 Å². The lowest BCUT2D eigenvalue weighted by Crippen LogP contribution is -2.15. The maximum atomic E-state index is 11.5. The van der Waals surface area contributed by atoms with Gasteiger partial charge in [0, 0.05) is 18.8 Å². The molecule has 2 N–H and O–H groups in total. The first kappa shape index (κ1) is 12.2. The molecule has 0 saturated carbocycles. The van der Waals surface area contributed by atoms with Crippen molar-refractivity contribution in [1.29, 1.82) is 0 Å². The van der Waals surface area contributed by atoms with Gasteiger partial charge in [-0.25, -0.2) is 4.98 Å². The average Bonchev–Trinajstić information content (AvgIpc) is 2.76. The molecule has 2 rings (SSSR count). The quantitative estimate of drug-likeness (QED) is 0.832. The number of anilines is 1. The van der Waals surface area contributed by atoms with Crippen LogP contribution in [0.25, 0.3) is 0 Å². The van der Waals surface area contributed by atoms with E-state index in [-0.39, 0.29) is 17.4 Å². The Morgan fingerprint density at radius 2 is 2.33 bits per heavy atom. The number of methoxy groups -OCH3 is 1. The van der Waals surface area contributed by atoms with E-state index in [4.69, 9.17) is 4.74 Å². The lowest BCUT2D eigenvalue weighted by molar-refractivity contribution is 0.407. The van der Waals surface area contributed by atoms with E-state index in [1.807, 2.05) is 20.2 Å². The molecule has 0 bridgehead atoms. The summed E-state index contributed by atoms with van der Waals surface area (Å²) in [5.74, 6) is 0.589. The van der Waals surface area contributed by atoms with Crippen molar-refractivity contribution in [2.24, 2.45) is 7.05 Å². The summed E-state index contributed by atoms with van der Waals surface area (Å²) in [7, 11) is 3.29. The van der Waals surface area contributed by atoms with Gasteiger partial charge in [-0.2, -0.15) is 5.10 Å². The highest BCUT2D eigenvalue weighted by Crippen LogP contribution is 2.21. The molecule has 96 valence electrons. The molecule has 0 amide bonds. The van der Waals surface area contributed by atoms with Crippen LogP contribution in [-0.4, -0.2) is 26.9 Å². The van der Waals surface area contributed by atoms with Crippen molar-refractivity contribution in [3.63, 3.8) is 0 Å². The van der Waals surface area contributed by atoms with Crippen molar-refractivity contribution >= 4 is 5.82 Å². The summed E-state index contributed by atoms with van der Waals surface area (Å²) in [5.41, 5.74) is 0.690. The molecule has 0 fully saturated rings. The van der Waals surface area contributed by atoms with Gasteiger partial charge >= 0.3 is 0 Å². The van der Waals surface area contributed by atoms with Crippen LogP contribution >= 0.6 is 0 Å². The van der Waals surface area contributed by atoms with Gasteiger partial charge in [-0.15, -0.1) is 0 Å². The van der Waals surface area contributed by atoms with Gasteiger partial charge in [-0.1, -0.05) is 0 Å². The third kappa shape index (κ3) is 2.34. The second-order valence-corrected chi connectivity index (χ2v) is 3.93. The fourth-order valence-electron chi connectivity index (χ4n) is 1.63. The van der Waals surface area contributed by atoms with Crippen LogP contribution in [0.15, 0.2) is 23.5 Å². The molecule has 2 aromatic heterocycles. The highest BCUT2D eigenvalue weighted by Gasteiger charge is 2.13. The van der Waals surface area contributed by atoms with Crippen LogP contribution < -0.4 is 15.6 Å². The highest BCUT2D eigenvalue weighted by atomic mass is 16.5. The number of H-pyrrole nitrogens is 1. The number of nitrogens with one attached hydrogen (secondary N) is 2. The summed E-state index contributed by atoms with van der Waals surface area (Å²) >= 11 is 0. The van der Waals surface area contributed by atoms with Gasteiger partial charge in [-0.05, 0) is 6.92 Å². The largest absolute Gasteiger partial charge is 0.489 e. The topological polar surface area (TPSA) is 84.8 Å². The number of hydrogen-bond acceptors (Lipinski definition) is 5. The summed E-state index contributed by atoms with van der Waals surface area (Å²) in [5, 5.41) is 7.22. The molecular formula is C11H15N5O2. The third-order valence-electron chi connectivity index (χ3n) is 2.59. The number of aromatic nitrogens is 4. The molecule has 1 unspecified atom stereocenters. The number of rotatable bonds is 4. The first-order chi connectivity index (χ1) is 8.61. The Labute approximate surface area is 104 Å². The Hall–Kier alpha value is -2.31. The molecule has 0 spiro atoms. The minimum Gasteiger partial charge on any atom is -0.489 e. The molecule has 7 heteroatoms. The van der Waals surface area contributed by atoms with Crippen LogP contribution in [0.1, 0.15) is 18.5 Å². The first-order valence-corrected chi connectivity index (χ1v) is 5.48. The zero-order valence-corrected chi connectivity index (χ0v) is 10.5. The number of ether oxygens (including phenoxy) is 1. The van der Waals surface area contributed by atoms with Gasteiger partial charge in [0.2, 0.25) is 5.75 Å². The molecule has 2 heterocycles. The predicted molar refractivity (Wildman–Crippen MR) is 66.7 cm³/mol. The van der Waals surface area contributed by atoms with Crippen LogP contribution in [0.3, 0.4) is 0 Å². The summed E-state index contributed by atoms with van der Waals surface area (Å²) in [6.45, 7) is 1.96. The Bertz CT molecular complexity index is 589. The van der Waals surface area contributed by atoms with Crippen molar-refractivity contribution < 1.29 is 4.74 Å². The molecule has 0 aromatic carbocycles. The smallest absolute Gasteiger partial charge is 0.295 e. The van der Waals surface area contributed by atoms with Crippen molar-refractivity contribution in [2.75, 3.05) is 12.4 Å². The van der Waals surface area contributed by atoms with Gasteiger partial charge in [-0.3, -0.25) is 9.48 Å². The zero-order chi connectivity index (χ0) is 13.1. The van der Waals surface area contributed by atoms with Gasteiger partial charge < -0.3 is 15.0 Å². The Kier molecular flexibility index (Phi) is 3.31. The third-order valence-corrected chi connectivity index (χ3v) is 2.59. The van der Waals surface area contributed by atoms with Crippen LogP contribution in [0, 0.1) is 0 Å². The number of aryl methyl sites for hydroxylation is 1. The van der Waals surface area contributed by atoms with E-state index < -0.39 is 0 Å². The highest BCUT2D eigenvalue weighted by molar-refractivity contribution is 5.49. The van der Waals surface area contributed by atoms with Crippen LogP contribution in [-0.2, 0) is 7.05 Å². The SMILES string of the molecule is COc1c(NC(C)c2cnn(C)c2)nc[nH]c1=O. The summed E-state index contributed by atoms with van der Waals surface area (Å²) in [6.07, 6.45) is 5.00. The minimum absolute atomic E-state index is 0.0260. The zero-order valence-electron chi connectivity index (χ0n) is 10.5. The fraction of sp³-hybridized carbons (Fsp3) is 0.364. The van der Waals surface area contributed by atoms with E-state index in [2.05, 4.69) is 20.4 Å². The van der Waals surface area contributed by atoms with Gasteiger partial charge in [0.05, 0.1) is 25.7 Å². The van der Waals surface area contributed by atoms with E-state index in [0.717, 1.165) is 5.56 Å². The molecule has 0 radical (unpaired) electrons. The second kappa shape index (κ2) is 4.91. The molecule has 18 heavy (non-hydrogen) atoms. The molecule has 0 saturated heterocycles. The van der Waals surface area contributed by atoms with Crippen LogP contribution in [0.4, 0.5) is 5.82 Å².